The molecule has 2 aromatic carbocycles. The maximum absolute atomic E-state index is 7.57. The SMILES string of the molecule is Cc1cccc(C)c1OCc1ccccc1C(=N)N. The minimum Gasteiger partial charge on any atom is -0.488 e. The molecule has 3 N–H and O–H groups in total. The number of aryl methyl sites for hydroxylation is 2. The molecule has 98 valence electrons. The highest BCUT2D eigenvalue weighted by Crippen LogP contribution is 2.23. The van der Waals surface area contributed by atoms with E-state index in [9.17, 15) is 0 Å². The van der Waals surface area contributed by atoms with Crippen molar-refractivity contribution in [2.75, 3.05) is 0 Å². The summed E-state index contributed by atoms with van der Waals surface area (Å²) in [5.41, 5.74) is 9.45. The molecule has 0 bridgehead atoms. The average molecular weight is 254 g/mol. The summed E-state index contributed by atoms with van der Waals surface area (Å²) in [4.78, 5) is 0. The number of nitrogens with two attached hydrogens (primary N) is 1. The standard InChI is InChI=1S/C16H18N2O/c1-11-6-5-7-12(2)15(11)19-10-13-8-3-4-9-14(13)16(17)18/h3-9H,10H2,1-2H3,(H3,17,18). The summed E-state index contributed by atoms with van der Waals surface area (Å²) in [6.07, 6.45) is 0. The first-order chi connectivity index (χ1) is 9.09. The van der Waals surface area contributed by atoms with Crippen molar-refractivity contribution in [3.05, 3.63) is 64.7 Å². The first-order valence-corrected chi connectivity index (χ1v) is 6.21. The largest absolute Gasteiger partial charge is 0.488 e. The molecule has 0 heterocycles. The Bertz CT molecular complexity index is 585. The number of ether oxygens (including phenoxy) is 1. The summed E-state index contributed by atoms with van der Waals surface area (Å²) >= 11 is 0. The van der Waals surface area contributed by atoms with Gasteiger partial charge in [-0.25, -0.2) is 0 Å². The number of hydrogen-bond acceptors (Lipinski definition) is 2. The van der Waals surface area contributed by atoms with Gasteiger partial charge in [0, 0.05) is 11.1 Å². The maximum atomic E-state index is 7.57. The van der Waals surface area contributed by atoms with E-state index >= 15 is 0 Å². The molecule has 0 saturated heterocycles. The molecule has 0 atom stereocenters. The quantitative estimate of drug-likeness (QED) is 0.650. The molecule has 2 aromatic rings. The summed E-state index contributed by atoms with van der Waals surface area (Å²) < 4.78 is 5.89. The van der Waals surface area contributed by atoms with Crippen LogP contribution in [-0.2, 0) is 6.61 Å². The Morgan fingerprint density at radius 2 is 1.68 bits per heavy atom. The molecule has 0 fully saturated rings. The lowest BCUT2D eigenvalue weighted by molar-refractivity contribution is 0.302. The molecule has 0 aromatic heterocycles. The maximum Gasteiger partial charge on any atom is 0.125 e. The first kappa shape index (κ1) is 13.1. The molecule has 0 aliphatic heterocycles. The normalized spacial score (nSPS) is 10.2. The minimum absolute atomic E-state index is 0.0701. The van der Waals surface area contributed by atoms with E-state index in [1.807, 2.05) is 56.3 Å². The van der Waals surface area contributed by atoms with Crippen molar-refractivity contribution in [3.8, 4) is 5.75 Å². The number of amidine groups is 1. The Morgan fingerprint density at radius 1 is 1.05 bits per heavy atom. The van der Waals surface area contributed by atoms with Crippen molar-refractivity contribution in [1.82, 2.24) is 0 Å². The van der Waals surface area contributed by atoms with E-state index in [0.29, 0.717) is 6.61 Å². The molecule has 19 heavy (non-hydrogen) atoms. The third kappa shape index (κ3) is 2.94. The van der Waals surface area contributed by atoms with Gasteiger partial charge in [0.1, 0.15) is 18.2 Å². The van der Waals surface area contributed by atoms with Crippen molar-refractivity contribution >= 4 is 5.84 Å². The van der Waals surface area contributed by atoms with Crippen molar-refractivity contribution in [2.24, 2.45) is 5.73 Å². The van der Waals surface area contributed by atoms with Gasteiger partial charge < -0.3 is 10.5 Å². The Kier molecular flexibility index (Phi) is 3.85. The van der Waals surface area contributed by atoms with Crippen LogP contribution in [0.4, 0.5) is 0 Å². The summed E-state index contributed by atoms with van der Waals surface area (Å²) in [6, 6.07) is 13.6. The molecule has 0 amide bonds. The van der Waals surface area contributed by atoms with Crippen LogP contribution < -0.4 is 10.5 Å². The summed E-state index contributed by atoms with van der Waals surface area (Å²) in [6.45, 7) is 4.47. The molecule has 0 aliphatic rings. The van der Waals surface area contributed by atoms with Crippen LogP contribution in [-0.4, -0.2) is 5.84 Å². The van der Waals surface area contributed by atoms with Crippen LogP contribution in [0.3, 0.4) is 0 Å². The van der Waals surface area contributed by atoms with Crippen molar-refractivity contribution in [2.45, 2.75) is 20.5 Å². The molecule has 3 heteroatoms. The second kappa shape index (κ2) is 5.57. The minimum atomic E-state index is 0.0701. The van der Waals surface area contributed by atoms with E-state index in [1.54, 1.807) is 0 Å². The van der Waals surface area contributed by atoms with E-state index in [0.717, 1.165) is 28.0 Å². The topological polar surface area (TPSA) is 59.1 Å². The molecular formula is C16H18N2O. The monoisotopic (exact) mass is 254 g/mol. The highest BCUT2D eigenvalue weighted by atomic mass is 16.5. The van der Waals surface area contributed by atoms with E-state index in [-0.39, 0.29) is 5.84 Å². The summed E-state index contributed by atoms with van der Waals surface area (Å²) in [5.74, 6) is 0.974. The second-order valence-corrected chi connectivity index (χ2v) is 4.58. The number of benzene rings is 2. The Hall–Kier alpha value is -2.29. The molecule has 0 saturated carbocycles. The Morgan fingerprint density at radius 3 is 2.32 bits per heavy atom. The number of hydrogen-bond donors (Lipinski definition) is 2. The lowest BCUT2D eigenvalue weighted by atomic mass is 10.1. The molecule has 2 rings (SSSR count). The lowest BCUT2D eigenvalue weighted by Gasteiger charge is -2.13. The van der Waals surface area contributed by atoms with Gasteiger partial charge in [-0.1, -0.05) is 42.5 Å². The van der Waals surface area contributed by atoms with Crippen molar-refractivity contribution in [1.29, 1.82) is 5.41 Å². The van der Waals surface area contributed by atoms with E-state index in [2.05, 4.69) is 0 Å². The fourth-order valence-corrected chi connectivity index (χ4v) is 2.09. The van der Waals surface area contributed by atoms with Crippen LogP contribution in [0.1, 0.15) is 22.3 Å². The number of para-hydroxylation sites is 1. The molecule has 0 aliphatic carbocycles. The van der Waals surface area contributed by atoms with Crippen LogP contribution in [0, 0.1) is 19.3 Å². The molecule has 0 radical (unpaired) electrons. The number of nitrogen functional groups attached to an aromatic ring is 1. The van der Waals surface area contributed by atoms with Gasteiger partial charge in [-0.15, -0.1) is 0 Å². The van der Waals surface area contributed by atoms with Gasteiger partial charge in [0.15, 0.2) is 0 Å². The van der Waals surface area contributed by atoms with E-state index < -0.39 is 0 Å². The summed E-state index contributed by atoms with van der Waals surface area (Å²) in [5, 5.41) is 7.57. The van der Waals surface area contributed by atoms with Crippen LogP contribution in [0.15, 0.2) is 42.5 Å². The van der Waals surface area contributed by atoms with E-state index in [1.165, 1.54) is 0 Å². The third-order valence-corrected chi connectivity index (χ3v) is 3.09. The third-order valence-electron chi connectivity index (χ3n) is 3.09. The second-order valence-electron chi connectivity index (χ2n) is 4.58. The van der Waals surface area contributed by atoms with Gasteiger partial charge in [0.05, 0.1) is 0 Å². The van der Waals surface area contributed by atoms with Gasteiger partial charge >= 0.3 is 0 Å². The first-order valence-electron chi connectivity index (χ1n) is 6.21. The molecular weight excluding hydrogens is 236 g/mol. The van der Waals surface area contributed by atoms with Gasteiger partial charge in [0.25, 0.3) is 0 Å². The van der Waals surface area contributed by atoms with Gasteiger partial charge in [-0.2, -0.15) is 0 Å². The van der Waals surface area contributed by atoms with Crippen LogP contribution >= 0.6 is 0 Å². The van der Waals surface area contributed by atoms with Gasteiger partial charge in [0.2, 0.25) is 0 Å². The van der Waals surface area contributed by atoms with Crippen LogP contribution in [0.5, 0.6) is 5.75 Å². The smallest absolute Gasteiger partial charge is 0.125 e. The fraction of sp³-hybridized carbons (Fsp3) is 0.188. The van der Waals surface area contributed by atoms with Crippen LogP contribution in [0.25, 0.3) is 0 Å². The highest BCUT2D eigenvalue weighted by molar-refractivity contribution is 5.96. The van der Waals surface area contributed by atoms with Crippen molar-refractivity contribution < 1.29 is 4.74 Å². The number of rotatable bonds is 4. The summed E-state index contributed by atoms with van der Waals surface area (Å²) in [7, 11) is 0. The fourth-order valence-electron chi connectivity index (χ4n) is 2.09. The van der Waals surface area contributed by atoms with Crippen molar-refractivity contribution in [3.63, 3.8) is 0 Å². The average Bonchev–Trinajstić information content (AvgIpc) is 2.38. The lowest BCUT2D eigenvalue weighted by Crippen LogP contribution is -2.14. The highest BCUT2D eigenvalue weighted by Gasteiger charge is 2.07. The van der Waals surface area contributed by atoms with E-state index in [4.69, 9.17) is 15.9 Å². The predicted molar refractivity (Wildman–Crippen MR) is 77.7 cm³/mol. The van der Waals surface area contributed by atoms with Crippen LogP contribution in [0.2, 0.25) is 0 Å². The zero-order valence-electron chi connectivity index (χ0n) is 11.2. The molecule has 0 unspecified atom stereocenters. The predicted octanol–water partition coefficient (Wildman–Crippen LogP) is 3.17. The zero-order valence-corrected chi connectivity index (χ0v) is 11.2. The molecule has 0 spiro atoms. The van der Waals surface area contributed by atoms with Gasteiger partial charge in [-0.05, 0) is 25.0 Å². The Balaban J connectivity index is 2.22. The van der Waals surface area contributed by atoms with Gasteiger partial charge in [-0.3, -0.25) is 5.41 Å². The zero-order chi connectivity index (χ0) is 13.8. The molecule has 3 nitrogen and oxygen atoms in total. The number of nitrogens with one attached hydrogen (secondary N) is 1. The Labute approximate surface area is 113 Å².